The Balaban J connectivity index is 2.22. The van der Waals surface area contributed by atoms with Gasteiger partial charge in [0.15, 0.2) is 17.3 Å². The molecule has 0 saturated carbocycles. The molecule has 5 nitrogen and oxygen atoms in total. The van der Waals surface area contributed by atoms with Gasteiger partial charge in [-0.3, -0.25) is 10.1 Å². The Morgan fingerprint density at radius 2 is 2.12 bits per heavy atom. The number of hydrogen-bond acceptors (Lipinski definition) is 4. The molecule has 0 amide bonds. The van der Waals surface area contributed by atoms with Gasteiger partial charge in [-0.1, -0.05) is 0 Å². The van der Waals surface area contributed by atoms with Crippen LogP contribution < -0.4 is 0 Å². The Hall–Kier alpha value is -2.37. The van der Waals surface area contributed by atoms with Gasteiger partial charge < -0.3 is 0 Å². The van der Waals surface area contributed by atoms with Crippen LogP contribution in [0.25, 0.3) is 22.4 Å². The summed E-state index contributed by atoms with van der Waals surface area (Å²) >= 11 is 0. The molecule has 3 aromatic heterocycles. The number of H-pyrrole nitrogens is 1. The predicted molar refractivity (Wildman–Crippen MR) is 54.9 cm³/mol. The van der Waals surface area contributed by atoms with Crippen LogP contribution in [0.2, 0.25) is 0 Å². The molecule has 0 aliphatic carbocycles. The minimum atomic E-state index is -0.443. The summed E-state index contributed by atoms with van der Waals surface area (Å²) in [5, 5.41) is 7.32. The summed E-state index contributed by atoms with van der Waals surface area (Å²) in [5.41, 5.74) is 0.910. The number of aromatic nitrogens is 5. The molecule has 0 atom stereocenters. The second-order valence-electron chi connectivity index (χ2n) is 3.22. The predicted octanol–water partition coefficient (Wildman–Crippen LogP) is 1.55. The Labute approximate surface area is 89.4 Å². The van der Waals surface area contributed by atoms with Crippen molar-refractivity contribution in [2.75, 3.05) is 0 Å². The third-order valence-electron chi connectivity index (χ3n) is 2.20. The highest BCUT2D eigenvalue weighted by Gasteiger charge is 2.08. The van der Waals surface area contributed by atoms with E-state index in [0.717, 1.165) is 11.6 Å². The molecule has 1 N–H and O–H groups in total. The largest absolute Gasteiger partial charge is 0.262 e. The third-order valence-corrected chi connectivity index (χ3v) is 2.20. The van der Waals surface area contributed by atoms with E-state index in [0.29, 0.717) is 17.0 Å². The van der Waals surface area contributed by atoms with Crippen molar-refractivity contribution in [2.45, 2.75) is 0 Å². The average Bonchev–Trinajstić information content (AvgIpc) is 2.76. The lowest BCUT2D eigenvalue weighted by Crippen LogP contribution is -1.92. The lowest BCUT2D eigenvalue weighted by atomic mass is 10.2. The maximum absolute atomic E-state index is 13.4. The first kappa shape index (κ1) is 8.90. The molecular weight excluding hydrogens is 209 g/mol. The summed E-state index contributed by atoms with van der Waals surface area (Å²) in [6.07, 6.45) is 5.85. The molecule has 3 heterocycles. The van der Waals surface area contributed by atoms with Crippen molar-refractivity contribution in [3.05, 3.63) is 36.7 Å². The first-order valence-electron chi connectivity index (χ1n) is 4.60. The van der Waals surface area contributed by atoms with Crippen LogP contribution in [0.4, 0.5) is 4.39 Å². The van der Waals surface area contributed by atoms with Gasteiger partial charge in [0.2, 0.25) is 0 Å². The number of rotatable bonds is 1. The topological polar surface area (TPSA) is 67.3 Å². The molecule has 0 aliphatic rings. The molecule has 0 radical (unpaired) electrons. The Bertz CT molecular complexity index is 648. The maximum atomic E-state index is 13.4. The minimum Gasteiger partial charge on any atom is -0.262 e. The molecule has 3 rings (SSSR count). The van der Waals surface area contributed by atoms with Crippen molar-refractivity contribution >= 4 is 11.0 Å². The lowest BCUT2D eigenvalue weighted by molar-refractivity contribution is 0.623. The van der Waals surface area contributed by atoms with Crippen LogP contribution in [0.15, 0.2) is 30.9 Å². The van der Waals surface area contributed by atoms with Crippen molar-refractivity contribution < 1.29 is 4.39 Å². The average molecular weight is 215 g/mol. The van der Waals surface area contributed by atoms with Gasteiger partial charge >= 0.3 is 0 Å². The summed E-state index contributed by atoms with van der Waals surface area (Å²) in [7, 11) is 0. The van der Waals surface area contributed by atoms with Crippen LogP contribution in [0.5, 0.6) is 0 Å². The number of nitrogens with one attached hydrogen (secondary N) is 1. The van der Waals surface area contributed by atoms with Gasteiger partial charge in [0, 0.05) is 12.4 Å². The SMILES string of the molecule is Fc1cnccc1-c1ncc2cn[nH]c2n1. The molecule has 0 bridgehead atoms. The van der Waals surface area contributed by atoms with Crippen molar-refractivity contribution in [1.29, 1.82) is 0 Å². The van der Waals surface area contributed by atoms with Gasteiger partial charge in [0.1, 0.15) is 0 Å². The first-order valence-corrected chi connectivity index (χ1v) is 4.60. The zero-order valence-corrected chi connectivity index (χ0v) is 8.05. The maximum Gasteiger partial charge on any atom is 0.164 e. The summed E-state index contributed by atoms with van der Waals surface area (Å²) < 4.78 is 13.4. The molecule has 6 heteroatoms. The zero-order chi connectivity index (χ0) is 11.0. The van der Waals surface area contributed by atoms with E-state index in [1.807, 2.05) is 0 Å². The number of pyridine rings is 1. The van der Waals surface area contributed by atoms with Gasteiger partial charge in [-0.05, 0) is 6.07 Å². The highest BCUT2D eigenvalue weighted by atomic mass is 19.1. The molecule has 0 saturated heterocycles. The Kier molecular flexibility index (Phi) is 1.86. The molecule has 0 fully saturated rings. The standard InChI is InChI=1S/C10H6FN5/c11-8-5-12-2-1-7(8)10-13-3-6-4-14-16-9(6)15-10/h1-5H,(H,13,14,15,16). The van der Waals surface area contributed by atoms with Crippen molar-refractivity contribution in [3.8, 4) is 11.4 Å². The van der Waals surface area contributed by atoms with Gasteiger partial charge in [-0.15, -0.1) is 0 Å². The molecule has 3 aromatic rings. The molecule has 0 spiro atoms. The number of halogens is 1. The Morgan fingerprint density at radius 3 is 3.00 bits per heavy atom. The quantitative estimate of drug-likeness (QED) is 0.668. The van der Waals surface area contributed by atoms with E-state index in [4.69, 9.17) is 0 Å². The molecule has 78 valence electrons. The van der Waals surface area contributed by atoms with E-state index in [1.54, 1.807) is 12.4 Å². The number of hydrogen-bond donors (Lipinski definition) is 1. The van der Waals surface area contributed by atoms with E-state index in [-0.39, 0.29) is 0 Å². The summed E-state index contributed by atoms with van der Waals surface area (Å²) in [6, 6.07) is 1.53. The smallest absolute Gasteiger partial charge is 0.164 e. The molecule has 16 heavy (non-hydrogen) atoms. The van der Waals surface area contributed by atoms with Crippen LogP contribution in [0.3, 0.4) is 0 Å². The van der Waals surface area contributed by atoms with E-state index in [9.17, 15) is 4.39 Å². The molecular formula is C10H6FN5. The fraction of sp³-hybridized carbons (Fsp3) is 0. The van der Waals surface area contributed by atoms with E-state index < -0.39 is 5.82 Å². The van der Waals surface area contributed by atoms with Crippen molar-refractivity contribution in [1.82, 2.24) is 25.1 Å². The zero-order valence-electron chi connectivity index (χ0n) is 8.05. The van der Waals surface area contributed by atoms with E-state index in [2.05, 4.69) is 25.1 Å². The summed E-state index contributed by atoms with van der Waals surface area (Å²) in [4.78, 5) is 11.9. The van der Waals surface area contributed by atoms with Crippen molar-refractivity contribution in [2.24, 2.45) is 0 Å². The summed E-state index contributed by atoms with van der Waals surface area (Å²) in [5.74, 6) is -0.127. The Morgan fingerprint density at radius 1 is 1.19 bits per heavy atom. The fourth-order valence-electron chi connectivity index (χ4n) is 1.42. The minimum absolute atomic E-state index is 0.316. The highest BCUT2D eigenvalue weighted by Crippen LogP contribution is 2.18. The van der Waals surface area contributed by atoms with Crippen LogP contribution >= 0.6 is 0 Å². The normalized spacial score (nSPS) is 10.8. The summed E-state index contributed by atoms with van der Waals surface area (Å²) in [6.45, 7) is 0. The number of fused-ring (bicyclic) bond motifs is 1. The van der Waals surface area contributed by atoms with Crippen LogP contribution in [0, 0.1) is 5.82 Å². The van der Waals surface area contributed by atoms with Crippen LogP contribution in [-0.2, 0) is 0 Å². The van der Waals surface area contributed by atoms with Gasteiger partial charge in [-0.2, -0.15) is 5.10 Å². The van der Waals surface area contributed by atoms with Crippen molar-refractivity contribution in [3.63, 3.8) is 0 Å². The molecule has 0 aromatic carbocycles. The van der Waals surface area contributed by atoms with Gasteiger partial charge in [0.25, 0.3) is 0 Å². The lowest BCUT2D eigenvalue weighted by Gasteiger charge is -2.00. The highest BCUT2D eigenvalue weighted by molar-refractivity contribution is 5.74. The first-order chi connectivity index (χ1) is 7.84. The fourth-order valence-corrected chi connectivity index (χ4v) is 1.42. The van der Waals surface area contributed by atoms with E-state index >= 15 is 0 Å². The second-order valence-corrected chi connectivity index (χ2v) is 3.22. The van der Waals surface area contributed by atoms with E-state index in [1.165, 1.54) is 12.3 Å². The number of aromatic amines is 1. The monoisotopic (exact) mass is 215 g/mol. The van der Waals surface area contributed by atoms with Gasteiger partial charge in [0.05, 0.1) is 23.3 Å². The van der Waals surface area contributed by atoms with Crippen LogP contribution in [0.1, 0.15) is 0 Å². The van der Waals surface area contributed by atoms with Gasteiger partial charge in [-0.25, -0.2) is 14.4 Å². The third kappa shape index (κ3) is 1.31. The number of nitrogens with zero attached hydrogens (tertiary/aromatic N) is 4. The molecule has 0 aliphatic heterocycles. The van der Waals surface area contributed by atoms with Crippen LogP contribution in [-0.4, -0.2) is 25.1 Å². The molecule has 0 unspecified atom stereocenters. The second kappa shape index (κ2) is 3.34.